The Morgan fingerprint density at radius 3 is 1.71 bits per heavy atom. The lowest BCUT2D eigenvalue weighted by molar-refractivity contribution is 1.04. The summed E-state index contributed by atoms with van der Waals surface area (Å²) in [5.41, 5.74) is 5.92. The molecule has 2 aliphatic carbocycles. The van der Waals surface area contributed by atoms with Gasteiger partial charge in [0.05, 0.1) is 0 Å². The van der Waals surface area contributed by atoms with Crippen molar-refractivity contribution in [3.05, 3.63) is 58.3 Å². The monoisotopic (exact) mass is 240 g/mol. The van der Waals surface area contributed by atoms with E-state index in [0.29, 0.717) is 0 Å². The molecule has 2 aliphatic rings. The number of rotatable bonds is 2. The van der Waals surface area contributed by atoms with Gasteiger partial charge in [-0.3, -0.25) is 0 Å². The molecule has 0 fully saturated rings. The molecule has 17 heavy (non-hydrogen) atoms. The molecule has 0 saturated heterocycles. The molecule has 0 aliphatic heterocycles. The van der Waals surface area contributed by atoms with Crippen LogP contribution < -0.4 is 0 Å². The zero-order valence-corrected chi connectivity index (χ0v) is 10.7. The van der Waals surface area contributed by atoms with Crippen LogP contribution in [0.2, 0.25) is 0 Å². The van der Waals surface area contributed by atoms with Crippen LogP contribution >= 0.6 is 11.3 Å². The van der Waals surface area contributed by atoms with Crippen molar-refractivity contribution in [3.8, 4) is 0 Å². The second-order valence-corrected chi connectivity index (χ2v) is 5.26. The third-order valence-electron chi connectivity index (χ3n) is 3.38. The van der Waals surface area contributed by atoms with Crippen molar-refractivity contribution in [2.24, 2.45) is 0 Å². The number of hydrogen-bond donors (Lipinski definition) is 0. The maximum atomic E-state index is 2.31. The Labute approximate surface area is 107 Å². The molecule has 1 heteroatoms. The van der Waals surface area contributed by atoms with Crippen molar-refractivity contribution in [2.45, 2.75) is 25.7 Å². The SMILES string of the molecule is C1=CCCC(c2cscc2C2=CC=CCC2)=C1. The van der Waals surface area contributed by atoms with Gasteiger partial charge in [-0.1, -0.05) is 36.5 Å². The van der Waals surface area contributed by atoms with Crippen molar-refractivity contribution < 1.29 is 0 Å². The van der Waals surface area contributed by atoms with Crippen LogP contribution in [0.25, 0.3) is 11.1 Å². The van der Waals surface area contributed by atoms with E-state index in [4.69, 9.17) is 0 Å². The first kappa shape index (κ1) is 10.8. The predicted octanol–water partition coefficient (Wildman–Crippen LogP) is 5.21. The van der Waals surface area contributed by atoms with Crippen LogP contribution in [0.15, 0.2) is 47.2 Å². The van der Waals surface area contributed by atoms with Gasteiger partial charge < -0.3 is 0 Å². The highest BCUT2D eigenvalue weighted by atomic mass is 32.1. The summed E-state index contributed by atoms with van der Waals surface area (Å²) >= 11 is 1.82. The lowest BCUT2D eigenvalue weighted by Crippen LogP contribution is -1.93. The first-order valence-electron chi connectivity index (χ1n) is 6.23. The van der Waals surface area contributed by atoms with Crippen molar-refractivity contribution >= 4 is 22.5 Å². The molecule has 0 bridgehead atoms. The van der Waals surface area contributed by atoms with Gasteiger partial charge in [0, 0.05) is 0 Å². The van der Waals surface area contributed by atoms with E-state index >= 15 is 0 Å². The molecule has 1 heterocycles. The molecule has 1 aromatic rings. The van der Waals surface area contributed by atoms with E-state index in [2.05, 4.69) is 47.2 Å². The van der Waals surface area contributed by atoms with Gasteiger partial charge in [-0.2, -0.15) is 11.3 Å². The van der Waals surface area contributed by atoms with Crippen LogP contribution in [0.1, 0.15) is 36.8 Å². The van der Waals surface area contributed by atoms with E-state index in [-0.39, 0.29) is 0 Å². The molecular weight excluding hydrogens is 224 g/mol. The van der Waals surface area contributed by atoms with Crippen LogP contribution in [-0.2, 0) is 0 Å². The molecule has 86 valence electrons. The molecule has 0 atom stereocenters. The molecule has 0 spiro atoms. The number of allylic oxidation sites excluding steroid dienone is 8. The van der Waals surface area contributed by atoms with E-state index in [0.717, 1.165) is 0 Å². The van der Waals surface area contributed by atoms with Crippen molar-refractivity contribution in [3.63, 3.8) is 0 Å². The van der Waals surface area contributed by atoms with Crippen LogP contribution in [0, 0.1) is 0 Å². The van der Waals surface area contributed by atoms with Crippen LogP contribution in [-0.4, -0.2) is 0 Å². The average Bonchev–Trinajstić information content (AvgIpc) is 2.90. The Morgan fingerprint density at radius 1 is 0.765 bits per heavy atom. The largest absolute Gasteiger partial charge is 0.151 e. The quantitative estimate of drug-likeness (QED) is 0.665. The maximum absolute atomic E-state index is 2.31. The highest BCUT2D eigenvalue weighted by Crippen LogP contribution is 2.35. The zero-order chi connectivity index (χ0) is 11.5. The first-order chi connectivity index (χ1) is 8.45. The summed E-state index contributed by atoms with van der Waals surface area (Å²) in [5.74, 6) is 0. The minimum Gasteiger partial charge on any atom is -0.151 e. The van der Waals surface area contributed by atoms with Crippen LogP contribution in [0.3, 0.4) is 0 Å². The summed E-state index contributed by atoms with van der Waals surface area (Å²) < 4.78 is 0. The van der Waals surface area contributed by atoms with E-state index in [9.17, 15) is 0 Å². The molecule has 0 unspecified atom stereocenters. The Hall–Kier alpha value is -1.34. The lowest BCUT2D eigenvalue weighted by Gasteiger charge is -2.13. The minimum absolute atomic E-state index is 1.18. The van der Waals surface area contributed by atoms with E-state index in [1.165, 1.54) is 48.0 Å². The molecule has 0 N–H and O–H groups in total. The third-order valence-corrected chi connectivity index (χ3v) is 4.13. The summed E-state index contributed by atoms with van der Waals surface area (Å²) in [4.78, 5) is 0. The zero-order valence-electron chi connectivity index (χ0n) is 9.86. The second kappa shape index (κ2) is 4.89. The Kier molecular flexibility index (Phi) is 3.10. The smallest absolute Gasteiger partial charge is 0.00116 e. The Balaban J connectivity index is 1.99. The standard InChI is InChI=1S/C16H16S/c1-3-7-13(8-4-1)15-11-17-12-16(15)14-9-5-2-6-10-14/h1-3,5,7,9,11-12H,4,6,8,10H2. The fourth-order valence-corrected chi connectivity index (χ4v) is 3.35. The van der Waals surface area contributed by atoms with Gasteiger partial charge in [-0.15, -0.1) is 0 Å². The summed E-state index contributed by atoms with van der Waals surface area (Å²) in [5, 5.41) is 4.61. The fourth-order valence-electron chi connectivity index (χ4n) is 2.45. The third kappa shape index (κ3) is 2.20. The second-order valence-electron chi connectivity index (χ2n) is 4.52. The lowest BCUT2D eigenvalue weighted by atomic mass is 9.91. The van der Waals surface area contributed by atoms with Crippen molar-refractivity contribution in [1.29, 1.82) is 0 Å². The summed E-state index contributed by atoms with van der Waals surface area (Å²) in [6.07, 6.45) is 18.1. The van der Waals surface area contributed by atoms with Crippen LogP contribution in [0.5, 0.6) is 0 Å². The highest BCUT2D eigenvalue weighted by molar-refractivity contribution is 7.08. The Morgan fingerprint density at radius 2 is 1.29 bits per heavy atom. The van der Waals surface area contributed by atoms with Gasteiger partial charge >= 0.3 is 0 Å². The summed E-state index contributed by atoms with van der Waals surface area (Å²) in [7, 11) is 0. The molecule has 0 saturated carbocycles. The summed E-state index contributed by atoms with van der Waals surface area (Å²) in [6, 6.07) is 0. The molecule has 1 aromatic heterocycles. The maximum Gasteiger partial charge on any atom is -0.00116 e. The normalized spacial score (nSPS) is 19.1. The van der Waals surface area contributed by atoms with Crippen molar-refractivity contribution in [1.82, 2.24) is 0 Å². The topological polar surface area (TPSA) is 0 Å². The van der Waals surface area contributed by atoms with E-state index in [1.54, 1.807) is 0 Å². The highest BCUT2D eigenvalue weighted by Gasteiger charge is 2.13. The molecule has 0 nitrogen and oxygen atoms in total. The molecule has 3 rings (SSSR count). The van der Waals surface area contributed by atoms with Gasteiger partial charge in [-0.05, 0) is 58.7 Å². The molecule has 0 amide bonds. The predicted molar refractivity (Wildman–Crippen MR) is 77.0 cm³/mol. The first-order valence-corrected chi connectivity index (χ1v) is 7.18. The number of hydrogen-bond acceptors (Lipinski definition) is 1. The molecule has 0 radical (unpaired) electrons. The summed E-state index contributed by atoms with van der Waals surface area (Å²) in [6.45, 7) is 0. The Bertz CT molecular complexity index is 477. The van der Waals surface area contributed by atoms with E-state index in [1.807, 2.05) is 11.3 Å². The van der Waals surface area contributed by atoms with Gasteiger partial charge in [0.15, 0.2) is 0 Å². The molecule has 0 aromatic carbocycles. The number of thiophene rings is 1. The fraction of sp³-hybridized carbons (Fsp3) is 0.250. The minimum atomic E-state index is 1.18. The van der Waals surface area contributed by atoms with Gasteiger partial charge in [-0.25, -0.2) is 0 Å². The van der Waals surface area contributed by atoms with Gasteiger partial charge in [0.2, 0.25) is 0 Å². The van der Waals surface area contributed by atoms with Crippen LogP contribution in [0.4, 0.5) is 0 Å². The van der Waals surface area contributed by atoms with Crippen molar-refractivity contribution in [2.75, 3.05) is 0 Å². The molecular formula is C16H16S. The van der Waals surface area contributed by atoms with Gasteiger partial charge in [0.25, 0.3) is 0 Å². The average molecular weight is 240 g/mol. The van der Waals surface area contributed by atoms with E-state index < -0.39 is 0 Å². The van der Waals surface area contributed by atoms with Gasteiger partial charge in [0.1, 0.15) is 0 Å².